The van der Waals surface area contributed by atoms with Crippen molar-refractivity contribution in [3.63, 3.8) is 0 Å². The number of fused-ring (bicyclic) bond motifs is 2. The summed E-state index contributed by atoms with van der Waals surface area (Å²) in [5.41, 5.74) is 0.734. The minimum absolute atomic E-state index is 0.0212. The number of benzene rings is 1. The van der Waals surface area contributed by atoms with Gasteiger partial charge in [0.2, 0.25) is 5.78 Å². The van der Waals surface area contributed by atoms with Crippen LogP contribution in [0.15, 0.2) is 30.3 Å². The van der Waals surface area contributed by atoms with Crippen LogP contribution in [0.25, 0.3) is 0 Å². The van der Waals surface area contributed by atoms with E-state index < -0.39 is 35.6 Å². The molecule has 2 nitrogen and oxygen atoms in total. The Morgan fingerprint density at radius 3 is 2.41 bits per heavy atom. The SMILES string of the molecule is O=C1CC2CCCC([C@@H]2C(=O)C(F)(F)F)[C@H]1c1ccccc1. The van der Waals surface area contributed by atoms with Crippen molar-refractivity contribution in [3.05, 3.63) is 35.9 Å². The number of alkyl halides is 3. The molecule has 4 atom stereocenters. The third-order valence-electron chi connectivity index (χ3n) is 5.06. The lowest BCUT2D eigenvalue weighted by Crippen LogP contribution is -2.49. The first kappa shape index (κ1) is 15.3. The van der Waals surface area contributed by atoms with Crippen molar-refractivity contribution in [1.29, 1.82) is 0 Å². The first-order chi connectivity index (χ1) is 10.4. The van der Waals surface area contributed by atoms with E-state index >= 15 is 0 Å². The summed E-state index contributed by atoms with van der Waals surface area (Å²) >= 11 is 0. The van der Waals surface area contributed by atoms with Crippen LogP contribution in [0.3, 0.4) is 0 Å². The molecule has 2 aliphatic rings. The van der Waals surface area contributed by atoms with Crippen LogP contribution in [-0.4, -0.2) is 17.7 Å². The maximum atomic E-state index is 12.9. The van der Waals surface area contributed by atoms with Crippen molar-refractivity contribution in [3.8, 4) is 0 Å². The van der Waals surface area contributed by atoms with Gasteiger partial charge in [-0.05, 0) is 30.2 Å². The van der Waals surface area contributed by atoms with Gasteiger partial charge >= 0.3 is 6.18 Å². The molecule has 0 amide bonds. The summed E-state index contributed by atoms with van der Waals surface area (Å²) in [5, 5.41) is 0. The molecule has 0 heterocycles. The van der Waals surface area contributed by atoms with Gasteiger partial charge in [0.15, 0.2) is 0 Å². The van der Waals surface area contributed by atoms with Gasteiger partial charge in [0, 0.05) is 18.3 Å². The van der Waals surface area contributed by atoms with Crippen molar-refractivity contribution < 1.29 is 22.8 Å². The van der Waals surface area contributed by atoms with Gasteiger partial charge in [0.1, 0.15) is 5.78 Å². The fourth-order valence-electron chi connectivity index (χ4n) is 4.24. The molecule has 22 heavy (non-hydrogen) atoms. The Morgan fingerprint density at radius 2 is 1.77 bits per heavy atom. The van der Waals surface area contributed by atoms with Crippen LogP contribution in [0.5, 0.6) is 0 Å². The van der Waals surface area contributed by atoms with Crippen LogP contribution < -0.4 is 0 Å². The standard InChI is InChI=1S/C17H17F3O2/c18-17(19,20)16(22)15-11-7-4-8-12(15)14(13(21)9-11)10-5-2-1-3-6-10/h1-3,5-6,11-12,14-15H,4,7-9H2/t11?,12?,14-,15-/m1/s1. The molecule has 0 spiro atoms. The zero-order valence-electron chi connectivity index (χ0n) is 12.0. The largest absolute Gasteiger partial charge is 0.450 e. The summed E-state index contributed by atoms with van der Waals surface area (Å²) in [4.78, 5) is 24.3. The van der Waals surface area contributed by atoms with Crippen molar-refractivity contribution in [2.75, 3.05) is 0 Å². The van der Waals surface area contributed by atoms with Crippen LogP contribution in [0, 0.1) is 17.8 Å². The molecule has 0 radical (unpaired) electrons. The van der Waals surface area contributed by atoms with Gasteiger partial charge in [-0.2, -0.15) is 13.2 Å². The lowest BCUT2D eigenvalue weighted by Gasteiger charge is -2.45. The molecule has 2 bridgehead atoms. The molecule has 118 valence electrons. The molecule has 0 N–H and O–H groups in total. The average molecular weight is 310 g/mol. The topological polar surface area (TPSA) is 34.1 Å². The Labute approximate surface area is 126 Å². The van der Waals surface area contributed by atoms with E-state index in [1.165, 1.54) is 0 Å². The highest BCUT2D eigenvalue weighted by Gasteiger charge is 2.55. The minimum atomic E-state index is -4.82. The summed E-state index contributed by atoms with van der Waals surface area (Å²) in [6.45, 7) is 0. The molecule has 2 unspecified atom stereocenters. The van der Waals surface area contributed by atoms with Crippen molar-refractivity contribution in [2.45, 2.75) is 37.8 Å². The van der Waals surface area contributed by atoms with Gasteiger partial charge in [0.05, 0.1) is 0 Å². The number of Topliss-reactive ketones (excluding diaryl/α,β-unsaturated/α-hetero) is 2. The van der Waals surface area contributed by atoms with Gasteiger partial charge < -0.3 is 0 Å². The summed E-state index contributed by atoms with van der Waals surface area (Å²) < 4.78 is 38.8. The second-order valence-corrected chi connectivity index (χ2v) is 6.30. The molecule has 1 aromatic rings. The van der Waals surface area contributed by atoms with Crippen LogP contribution in [-0.2, 0) is 9.59 Å². The summed E-state index contributed by atoms with van der Waals surface area (Å²) in [6.07, 6.45) is -2.90. The molecule has 2 saturated carbocycles. The number of hydrogen-bond acceptors (Lipinski definition) is 2. The zero-order chi connectivity index (χ0) is 15.9. The Bertz CT molecular complexity index is 579. The summed E-state index contributed by atoms with van der Waals surface area (Å²) in [5.74, 6) is -4.26. The molecule has 2 aliphatic carbocycles. The van der Waals surface area contributed by atoms with Gasteiger partial charge in [-0.15, -0.1) is 0 Å². The molecule has 0 saturated heterocycles. The van der Waals surface area contributed by atoms with Gasteiger partial charge in [-0.25, -0.2) is 0 Å². The third-order valence-corrected chi connectivity index (χ3v) is 5.06. The fraction of sp³-hybridized carbons (Fsp3) is 0.529. The van der Waals surface area contributed by atoms with E-state index in [1.54, 1.807) is 30.3 Å². The Kier molecular flexibility index (Phi) is 3.83. The van der Waals surface area contributed by atoms with Crippen LogP contribution in [0.4, 0.5) is 13.2 Å². The number of carbonyl (C=O) groups is 2. The highest BCUT2D eigenvalue weighted by Crippen LogP contribution is 2.51. The lowest BCUT2D eigenvalue weighted by molar-refractivity contribution is -0.183. The summed E-state index contributed by atoms with van der Waals surface area (Å²) in [6, 6.07) is 8.90. The predicted octanol–water partition coefficient (Wildman–Crippen LogP) is 3.91. The van der Waals surface area contributed by atoms with Crippen molar-refractivity contribution >= 4 is 11.6 Å². The van der Waals surface area contributed by atoms with E-state index in [2.05, 4.69) is 0 Å². The highest BCUT2D eigenvalue weighted by atomic mass is 19.4. The Balaban J connectivity index is 1.99. The monoisotopic (exact) mass is 310 g/mol. The predicted molar refractivity (Wildman–Crippen MR) is 74.2 cm³/mol. The second kappa shape index (κ2) is 5.52. The first-order valence-corrected chi connectivity index (χ1v) is 7.58. The number of carbonyl (C=O) groups excluding carboxylic acids is 2. The van der Waals surface area contributed by atoms with E-state index in [0.29, 0.717) is 12.8 Å². The smallest absolute Gasteiger partial charge is 0.299 e. The van der Waals surface area contributed by atoms with E-state index in [-0.39, 0.29) is 12.2 Å². The first-order valence-electron chi connectivity index (χ1n) is 7.58. The lowest BCUT2D eigenvalue weighted by atomic mass is 9.57. The van der Waals surface area contributed by atoms with Crippen LogP contribution >= 0.6 is 0 Å². The molecule has 5 heteroatoms. The number of hydrogen-bond donors (Lipinski definition) is 0. The van der Waals surface area contributed by atoms with Crippen LogP contribution in [0.1, 0.15) is 37.2 Å². The van der Waals surface area contributed by atoms with Crippen LogP contribution in [0.2, 0.25) is 0 Å². The third kappa shape index (κ3) is 2.57. The van der Waals surface area contributed by atoms with E-state index in [0.717, 1.165) is 12.0 Å². The Morgan fingerprint density at radius 1 is 1.09 bits per heavy atom. The Hall–Kier alpha value is -1.65. The molecular weight excluding hydrogens is 293 g/mol. The number of halogens is 3. The van der Waals surface area contributed by atoms with E-state index in [1.807, 2.05) is 0 Å². The average Bonchev–Trinajstić information content (AvgIpc) is 2.46. The zero-order valence-corrected chi connectivity index (χ0v) is 12.0. The van der Waals surface area contributed by atoms with Crippen molar-refractivity contribution in [1.82, 2.24) is 0 Å². The summed E-state index contributed by atoms with van der Waals surface area (Å²) in [7, 11) is 0. The molecular formula is C17H17F3O2. The number of rotatable bonds is 2. The quantitative estimate of drug-likeness (QED) is 0.830. The van der Waals surface area contributed by atoms with Gasteiger partial charge in [0.25, 0.3) is 0 Å². The molecule has 0 aromatic heterocycles. The second-order valence-electron chi connectivity index (χ2n) is 6.30. The van der Waals surface area contributed by atoms with E-state index in [9.17, 15) is 22.8 Å². The number of ketones is 2. The minimum Gasteiger partial charge on any atom is -0.299 e. The van der Waals surface area contributed by atoms with Gasteiger partial charge in [-0.3, -0.25) is 9.59 Å². The van der Waals surface area contributed by atoms with E-state index in [4.69, 9.17) is 0 Å². The molecule has 3 rings (SSSR count). The fourth-order valence-corrected chi connectivity index (χ4v) is 4.24. The highest BCUT2D eigenvalue weighted by molar-refractivity contribution is 5.93. The van der Waals surface area contributed by atoms with Crippen molar-refractivity contribution in [2.24, 2.45) is 17.8 Å². The molecule has 2 fully saturated rings. The van der Waals surface area contributed by atoms with Gasteiger partial charge in [-0.1, -0.05) is 36.8 Å². The molecule has 0 aliphatic heterocycles. The maximum absolute atomic E-state index is 12.9. The maximum Gasteiger partial charge on any atom is 0.450 e. The normalized spacial score (nSPS) is 31.9. The molecule has 1 aromatic carbocycles.